The number of carbonyl (C=O) groups is 2. The van der Waals surface area contributed by atoms with E-state index in [0.29, 0.717) is 6.54 Å². The van der Waals surface area contributed by atoms with Gasteiger partial charge in [-0.25, -0.2) is 0 Å². The number of benzene rings is 1. The fourth-order valence-corrected chi connectivity index (χ4v) is 2.60. The average molecular weight is 333 g/mol. The molecule has 1 amide bonds. The molecule has 1 aromatic heterocycles. The van der Waals surface area contributed by atoms with Crippen LogP contribution in [0.4, 0.5) is 0 Å². The zero-order valence-corrected chi connectivity index (χ0v) is 13.9. The second-order valence-corrected chi connectivity index (χ2v) is 5.79. The lowest BCUT2D eigenvalue weighted by Gasteiger charge is -2.13. The predicted molar refractivity (Wildman–Crippen MR) is 88.4 cm³/mol. The van der Waals surface area contributed by atoms with Gasteiger partial charge in [0.1, 0.15) is 5.75 Å². The number of amides is 1. The maximum absolute atomic E-state index is 12.0. The summed E-state index contributed by atoms with van der Waals surface area (Å²) >= 11 is 1.52. The predicted octanol–water partition coefficient (Wildman–Crippen LogP) is 2.55. The molecule has 0 aliphatic carbocycles. The van der Waals surface area contributed by atoms with Crippen molar-refractivity contribution in [3.8, 4) is 5.75 Å². The molecule has 2 aromatic rings. The smallest absolute Gasteiger partial charge is 0.311 e. The van der Waals surface area contributed by atoms with E-state index < -0.39 is 12.1 Å². The summed E-state index contributed by atoms with van der Waals surface area (Å²) in [5.41, 5.74) is 1.83. The molecule has 0 bridgehead atoms. The Labute approximate surface area is 139 Å². The lowest BCUT2D eigenvalue weighted by molar-refractivity contribution is -0.154. The van der Waals surface area contributed by atoms with Gasteiger partial charge in [-0.2, -0.15) is 11.3 Å². The van der Waals surface area contributed by atoms with Gasteiger partial charge in [0.2, 0.25) is 0 Å². The second-order valence-electron chi connectivity index (χ2n) is 5.01. The van der Waals surface area contributed by atoms with E-state index in [1.807, 2.05) is 41.1 Å². The van der Waals surface area contributed by atoms with Crippen LogP contribution in [0.5, 0.6) is 5.75 Å². The molecule has 0 aliphatic heterocycles. The van der Waals surface area contributed by atoms with Crippen molar-refractivity contribution in [2.45, 2.75) is 26.0 Å². The lowest BCUT2D eigenvalue weighted by Crippen LogP contribution is -2.35. The van der Waals surface area contributed by atoms with E-state index in [1.54, 1.807) is 14.0 Å². The first-order valence-electron chi connectivity index (χ1n) is 7.19. The molecule has 1 N–H and O–H groups in total. The Balaban J connectivity index is 1.76. The van der Waals surface area contributed by atoms with E-state index in [1.165, 1.54) is 11.3 Å². The van der Waals surface area contributed by atoms with Crippen LogP contribution in [-0.4, -0.2) is 25.1 Å². The minimum Gasteiger partial charge on any atom is -0.497 e. The van der Waals surface area contributed by atoms with Crippen molar-refractivity contribution < 1.29 is 19.1 Å². The Hall–Kier alpha value is -2.34. The van der Waals surface area contributed by atoms with Crippen LogP contribution in [0.15, 0.2) is 41.1 Å². The molecule has 122 valence electrons. The molecule has 0 saturated carbocycles. The summed E-state index contributed by atoms with van der Waals surface area (Å²) in [6.45, 7) is 1.93. The third-order valence-electron chi connectivity index (χ3n) is 3.23. The summed E-state index contributed by atoms with van der Waals surface area (Å²) in [7, 11) is 1.60. The minimum absolute atomic E-state index is 0.180. The van der Waals surface area contributed by atoms with Gasteiger partial charge < -0.3 is 14.8 Å². The molecule has 1 atom stereocenters. The molecule has 1 heterocycles. The molecular weight excluding hydrogens is 314 g/mol. The topological polar surface area (TPSA) is 64.6 Å². The van der Waals surface area contributed by atoms with Gasteiger partial charge in [-0.05, 0) is 47.0 Å². The van der Waals surface area contributed by atoms with Crippen molar-refractivity contribution in [3.63, 3.8) is 0 Å². The van der Waals surface area contributed by atoms with Crippen LogP contribution < -0.4 is 10.1 Å². The van der Waals surface area contributed by atoms with E-state index >= 15 is 0 Å². The molecule has 2 rings (SSSR count). The second kappa shape index (κ2) is 8.33. The third-order valence-corrected chi connectivity index (χ3v) is 3.96. The Bertz CT molecular complexity index is 637. The molecule has 0 saturated heterocycles. The highest BCUT2D eigenvalue weighted by molar-refractivity contribution is 7.07. The number of hydrogen-bond donors (Lipinski definition) is 1. The van der Waals surface area contributed by atoms with Crippen LogP contribution in [0.25, 0.3) is 0 Å². The van der Waals surface area contributed by atoms with Crippen molar-refractivity contribution in [1.29, 1.82) is 0 Å². The maximum atomic E-state index is 12.0. The highest BCUT2D eigenvalue weighted by Gasteiger charge is 2.17. The lowest BCUT2D eigenvalue weighted by atomic mass is 10.2. The molecule has 1 aromatic carbocycles. The van der Waals surface area contributed by atoms with Crippen LogP contribution in [0, 0.1) is 0 Å². The minimum atomic E-state index is -0.820. The Morgan fingerprint density at radius 3 is 2.52 bits per heavy atom. The normalized spacial score (nSPS) is 11.6. The monoisotopic (exact) mass is 333 g/mol. The fraction of sp³-hybridized carbons (Fsp3) is 0.294. The molecule has 0 unspecified atom stereocenters. The molecule has 0 spiro atoms. The fourth-order valence-electron chi connectivity index (χ4n) is 1.93. The van der Waals surface area contributed by atoms with E-state index in [-0.39, 0.29) is 12.3 Å². The highest BCUT2D eigenvalue weighted by Crippen LogP contribution is 2.11. The maximum Gasteiger partial charge on any atom is 0.311 e. The number of rotatable bonds is 7. The number of ether oxygens (including phenoxy) is 2. The summed E-state index contributed by atoms with van der Waals surface area (Å²) in [6.07, 6.45) is -0.640. The van der Waals surface area contributed by atoms with Gasteiger partial charge in [-0.15, -0.1) is 0 Å². The first-order chi connectivity index (χ1) is 11.1. The SMILES string of the molecule is COc1ccc(CNC(=O)[C@@H](C)OC(=O)Cc2ccsc2)cc1. The number of esters is 1. The van der Waals surface area contributed by atoms with E-state index in [2.05, 4.69) is 5.32 Å². The number of thiophene rings is 1. The van der Waals surface area contributed by atoms with Crippen LogP contribution in [0.1, 0.15) is 18.1 Å². The van der Waals surface area contributed by atoms with Gasteiger partial charge in [-0.1, -0.05) is 12.1 Å². The first kappa shape index (κ1) is 17.0. The highest BCUT2D eigenvalue weighted by atomic mass is 32.1. The number of methoxy groups -OCH3 is 1. The quantitative estimate of drug-likeness (QED) is 0.791. The average Bonchev–Trinajstić information content (AvgIpc) is 3.05. The summed E-state index contributed by atoms with van der Waals surface area (Å²) < 4.78 is 10.2. The van der Waals surface area contributed by atoms with Gasteiger partial charge in [0.15, 0.2) is 6.10 Å². The zero-order valence-electron chi connectivity index (χ0n) is 13.1. The van der Waals surface area contributed by atoms with Crippen molar-refractivity contribution in [2.24, 2.45) is 0 Å². The van der Waals surface area contributed by atoms with Crippen LogP contribution in [-0.2, 0) is 27.3 Å². The third kappa shape index (κ3) is 5.41. The number of carbonyl (C=O) groups excluding carboxylic acids is 2. The van der Waals surface area contributed by atoms with E-state index in [9.17, 15) is 9.59 Å². The van der Waals surface area contributed by atoms with Gasteiger partial charge in [0, 0.05) is 6.54 Å². The van der Waals surface area contributed by atoms with Crippen LogP contribution >= 0.6 is 11.3 Å². The Kier molecular flexibility index (Phi) is 6.17. The van der Waals surface area contributed by atoms with E-state index in [4.69, 9.17) is 9.47 Å². The van der Waals surface area contributed by atoms with Crippen molar-refractivity contribution >= 4 is 23.2 Å². The van der Waals surface area contributed by atoms with Crippen LogP contribution in [0.3, 0.4) is 0 Å². The van der Waals surface area contributed by atoms with Gasteiger partial charge >= 0.3 is 5.97 Å². The molecular formula is C17H19NO4S. The summed E-state index contributed by atoms with van der Waals surface area (Å²) in [5.74, 6) is 0.0331. The first-order valence-corrected chi connectivity index (χ1v) is 8.14. The van der Waals surface area contributed by atoms with Crippen molar-refractivity contribution in [3.05, 3.63) is 52.2 Å². The summed E-state index contributed by atoms with van der Waals surface area (Å²) in [6, 6.07) is 9.25. The Morgan fingerprint density at radius 2 is 1.91 bits per heavy atom. The molecule has 23 heavy (non-hydrogen) atoms. The number of nitrogens with one attached hydrogen (secondary N) is 1. The molecule has 5 nitrogen and oxygen atoms in total. The summed E-state index contributed by atoms with van der Waals surface area (Å²) in [4.78, 5) is 23.7. The van der Waals surface area contributed by atoms with Gasteiger partial charge in [-0.3, -0.25) is 9.59 Å². The van der Waals surface area contributed by atoms with Crippen molar-refractivity contribution in [2.75, 3.05) is 7.11 Å². The molecule has 0 fully saturated rings. The largest absolute Gasteiger partial charge is 0.497 e. The summed E-state index contributed by atoms with van der Waals surface area (Å²) in [5, 5.41) is 6.53. The molecule has 0 radical (unpaired) electrons. The molecule has 6 heteroatoms. The van der Waals surface area contributed by atoms with Crippen molar-refractivity contribution in [1.82, 2.24) is 5.32 Å². The Morgan fingerprint density at radius 1 is 1.17 bits per heavy atom. The number of hydrogen-bond acceptors (Lipinski definition) is 5. The standard InChI is InChI=1S/C17H19NO4S/c1-12(22-16(19)9-14-7-8-23-11-14)17(20)18-10-13-3-5-15(21-2)6-4-13/h3-8,11-12H,9-10H2,1-2H3,(H,18,20)/t12-/m1/s1. The van der Waals surface area contributed by atoms with E-state index in [0.717, 1.165) is 16.9 Å². The zero-order chi connectivity index (χ0) is 16.7. The van der Waals surface area contributed by atoms with Gasteiger partial charge in [0.25, 0.3) is 5.91 Å². The molecule has 0 aliphatic rings. The van der Waals surface area contributed by atoms with Crippen LogP contribution in [0.2, 0.25) is 0 Å². The van der Waals surface area contributed by atoms with Gasteiger partial charge in [0.05, 0.1) is 13.5 Å².